The van der Waals surface area contributed by atoms with Crippen LogP contribution >= 0.6 is 11.8 Å². The molecule has 88 valence electrons. The summed E-state index contributed by atoms with van der Waals surface area (Å²) >= 11 is 1.44. The van der Waals surface area contributed by atoms with Crippen molar-refractivity contribution >= 4 is 17.7 Å². The van der Waals surface area contributed by atoms with Gasteiger partial charge in [0.25, 0.3) is 0 Å². The molecule has 6 heteroatoms. The monoisotopic (exact) mass is 249 g/mol. The number of rotatable bonds is 4. The number of aromatic nitrogens is 3. The zero-order valence-corrected chi connectivity index (χ0v) is 10.0. The average Bonchev–Trinajstić information content (AvgIpc) is 2.72. The smallest absolute Gasteiger partial charge is 0.336 e. The van der Waals surface area contributed by atoms with E-state index in [0.717, 1.165) is 10.7 Å². The summed E-state index contributed by atoms with van der Waals surface area (Å²) in [5.74, 6) is 0.502. The van der Waals surface area contributed by atoms with Crippen LogP contribution in [-0.2, 0) is 12.8 Å². The van der Waals surface area contributed by atoms with Gasteiger partial charge in [-0.3, -0.25) is 0 Å². The standard InChI is InChI=1S/C11H11N3O2S/c1-14-7-12-13-10(14)6-17-9-5-3-2-4-8(9)11(15)16/h2-5,7H,6H2,1H3,(H,15,16). The highest BCUT2D eigenvalue weighted by Gasteiger charge is 2.10. The van der Waals surface area contributed by atoms with Gasteiger partial charge in [0.2, 0.25) is 0 Å². The molecular formula is C11H11N3O2S. The molecule has 0 radical (unpaired) electrons. The molecule has 0 bridgehead atoms. The lowest BCUT2D eigenvalue weighted by molar-refractivity contribution is 0.0693. The molecule has 0 amide bonds. The van der Waals surface area contributed by atoms with Crippen LogP contribution in [0.5, 0.6) is 0 Å². The molecule has 0 atom stereocenters. The van der Waals surface area contributed by atoms with Crippen molar-refractivity contribution in [3.8, 4) is 0 Å². The fraction of sp³-hybridized carbons (Fsp3) is 0.182. The Kier molecular flexibility index (Phi) is 3.43. The minimum Gasteiger partial charge on any atom is -0.478 e. The minimum absolute atomic E-state index is 0.319. The topological polar surface area (TPSA) is 68.0 Å². The molecule has 0 saturated heterocycles. The van der Waals surface area contributed by atoms with Gasteiger partial charge in [-0.2, -0.15) is 0 Å². The largest absolute Gasteiger partial charge is 0.478 e. The third-order valence-corrected chi connectivity index (χ3v) is 3.35. The molecule has 2 rings (SSSR count). The Balaban J connectivity index is 2.14. The van der Waals surface area contributed by atoms with E-state index in [1.807, 2.05) is 17.7 Å². The molecular weight excluding hydrogens is 238 g/mol. The molecule has 0 fully saturated rings. The maximum Gasteiger partial charge on any atom is 0.336 e. The van der Waals surface area contributed by atoms with Crippen LogP contribution in [0, 0.1) is 0 Å². The molecule has 0 aliphatic rings. The van der Waals surface area contributed by atoms with Gasteiger partial charge in [-0.1, -0.05) is 12.1 Å². The van der Waals surface area contributed by atoms with E-state index in [0.29, 0.717) is 11.3 Å². The quantitative estimate of drug-likeness (QED) is 0.837. The van der Waals surface area contributed by atoms with Crippen molar-refractivity contribution in [3.05, 3.63) is 42.0 Å². The predicted octanol–water partition coefficient (Wildman–Crippen LogP) is 1.81. The first-order chi connectivity index (χ1) is 8.18. The first-order valence-electron chi connectivity index (χ1n) is 4.96. The second kappa shape index (κ2) is 5.01. The van der Waals surface area contributed by atoms with Crippen LogP contribution in [0.2, 0.25) is 0 Å². The summed E-state index contributed by atoms with van der Waals surface area (Å²) in [4.78, 5) is 11.7. The molecule has 2 aromatic rings. The van der Waals surface area contributed by atoms with Crippen LogP contribution in [0.15, 0.2) is 35.5 Å². The van der Waals surface area contributed by atoms with Crippen LogP contribution in [0.1, 0.15) is 16.2 Å². The molecule has 1 aromatic carbocycles. The van der Waals surface area contributed by atoms with Gasteiger partial charge >= 0.3 is 5.97 Å². The second-order valence-electron chi connectivity index (χ2n) is 3.45. The van der Waals surface area contributed by atoms with Crippen molar-refractivity contribution in [3.63, 3.8) is 0 Å². The number of hydrogen-bond donors (Lipinski definition) is 1. The summed E-state index contributed by atoms with van der Waals surface area (Å²) in [5, 5.41) is 16.8. The summed E-state index contributed by atoms with van der Waals surface area (Å²) in [6.07, 6.45) is 1.62. The molecule has 17 heavy (non-hydrogen) atoms. The highest BCUT2D eigenvalue weighted by Crippen LogP contribution is 2.25. The van der Waals surface area contributed by atoms with E-state index in [4.69, 9.17) is 5.11 Å². The van der Waals surface area contributed by atoms with Crippen molar-refractivity contribution in [2.24, 2.45) is 7.05 Å². The summed E-state index contributed by atoms with van der Waals surface area (Å²) in [6, 6.07) is 6.94. The molecule has 0 aliphatic heterocycles. The van der Waals surface area contributed by atoms with E-state index in [9.17, 15) is 4.79 Å². The molecule has 0 saturated carbocycles. The van der Waals surface area contributed by atoms with E-state index in [1.54, 1.807) is 24.5 Å². The third-order valence-electron chi connectivity index (χ3n) is 2.28. The maximum atomic E-state index is 11.0. The lowest BCUT2D eigenvalue weighted by Crippen LogP contribution is -1.99. The van der Waals surface area contributed by atoms with Gasteiger partial charge in [-0.15, -0.1) is 22.0 Å². The van der Waals surface area contributed by atoms with Crippen LogP contribution < -0.4 is 0 Å². The predicted molar refractivity (Wildman–Crippen MR) is 64.0 cm³/mol. The van der Waals surface area contributed by atoms with Gasteiger partial charge in [0.15, 0.2) is 0 Å². The Bertz CT molecular complexity index is 539. The van der Waals surface area contributed by atoms with Crippen molar-refractivity contribution in [2.75, 3.05) is 0 Å². The van der Waals surface area contributed by atoms with Crippen LogP contribution in [0.25, 0.3) is 0 Å². The Labute approximate surface area is 102 Å². The fourth-order valence-electron chi connectivity index (χ4n) is 1.35. The normalized spacial score (nSPS) is 10.4. The molecule has 5 nitrogen and oxygen atoms in total. The van der Waals surface area contributed by atoms with E-state index in [2.05, 4.69) is 10.2 Å². The Morgan fingerprint density at radius 2 is 2.24 bits per heavy atom. The van der Waals surface area contributed by atoms with Gasteiger partial charge in [-0.25, -0.2) is 4.79 Å². The molecule has 0 aliphatic carbocycles. The number of thioether (sulfide) groups is 1. The molecule has 1 heterocycles. The van der Waals surface area contributed by atoms with Crippen molar-refractivity contribution < 1.29 is 9.90 Å². The molecule has 0 spiro atoms. The van der Waals surface area contributed by atoms with E-state index in [-0.39, 0.29) is 0 Å². The SMILES string of the molecule is Cn1cnnc1CSc1ccccc1C(=O)O. The summed E-state index contributed by atoms with van der Waals surface area (Å²) in [5.41, 5.74) is 0.319. The second-order valence-corrected chi connectivity index (χ2v) is 4.47. The Morgan fingerprint density at radius 1 is 1.47 bits per heavy atom. The number of aryl methyl sites for hydroxylation is 1. The highest BCUT2D eigenvalue weighted by molar-refractivity contribution is 7.98. The lowest BCUT2D eigenvalue weighted by Gasteiger charge is -2.04. The summed E-state index contributed by atoms with van der Waals surface area (Å²) in [6.45, 7) is 0. The summed E-state index contributed by atoms with van der Waals surface area (Å²) in [7, 11) is 1.86. The Morgan fingerprint density at radius 3 is 2.88 bits per heavy atom. The zero-order valence-electron chi connectivity index (χ0n) is 9.20. The van der Waals surface area contributed by atoms with E-state index >= 15 is 0 Å². The number of hydrogen-bond acceptors (Lipinski definition) is 4. The number of nitrogens with zero attached hydrogens (tertiary/aromatic N) is 3. The van der Waals surface area contributed by atoms with Crippen LogP contribution in [-0.4, -0.2) is 25.8 Å². The van der Waals surface area contributed by atoms with Crippen LogP contribution in [0.4, 0.5) is 0 Å². The number of carbonyl (C=O) groups is 1. The number of carboxylic acids is 1. The number of benzene rings is 1. The number of aromatic carboxylic acids is 1. The minimum atomic E-state index is -0.911. The van der Waals surface area contributed by atoms with Crippen molar-refractivity contribution in [2.45, 2.75) is 10.6 Å². The summed E-state index contributed by atoms with van der Waals surface area (Å²) < 4.78 is 1.82. The van der Waals surface area contributed by atoms with Gasteiger partial charge in [-0.05, 0) is 12.1 Å². The molecule has 0 unspecified atom stereocenters. The van der Waals surface area contributed by atoms with E-state index < -0.39 is 5.97 Å². The van der Waals surface area contributed by atoms with Crippen LogP contribution in [0.3, 0.4) is 0 Å². The number of carboxylic acid groups (broad SMARTS) is 1. The lowest BCUT2D eigenvalue weighted by atomic mass is 10.2. The molecule has 1 aromatic heterocycles. The Hall–Kier alpha value is -1.82. The highest BCUT2D eigenvalue weighted by atomic mass is 32.2. The van der Waals surface area contributed by atoms with Gasteiger partial charge < -0.3 is 9.67 Å². The van der Waals surface area contributed by atoms with Crippen molar-refractivity contribution in [1.29, 1.82) is 0 Å². The van der Waals surface area contributed by atoms with Gasteiger partial charge in [0, 0.05) is 11.9 Å². The average molecular weight is 249 g/mol. The zero-order chi connectivity index (χ0) is 12.3. The first kappa shape index (κ1) is 11.7. The van der Waals surface area contributed by atoms with Gasteiger partial charge in [0.1, 0.15) is 12.2 Å². The molecule has 1 N–H and O–H groups in total. The first-order valence-corrected chi connectivity index (χ1v) is 5.95. The van der Waals surface area contributed by atoms with Gasteiger partial charge in [0.05, 0.1) is 11.3 Å². The third kappa shape index (κ3) is 2.65. The maximum absolute atomic E-state index is 11.0. The fourth-order valence-corrected chi connectivity index (χ4v) is 2.38. The van der Waals surface area contributed by atoms with E-state index in [1.165, 1.54) is 11.8 Å². The van der Waals surface area contributed by atoms with Crippen molar-refractivity contribution in [1.82, 2.24) is 14.8 Å².